The Kier molecular flexibility index (Phi) is 8.83. The first-order valence-electron chi connectivity index (χ1n) is 8.44. The second-order valence-electron chi connectivity index (χ2n) is 5.54. The maximum Gasteiger partial charge on any atom is 0.127 e. The van der Waals surface area contributed by atoms with E-state index in [9.17, 15) is 0 Å². The molecule has 0 aliphatic rings. The highest BCUT2D eigenvalue weighted by Crippen LogP contribution is 2.25. The van der Waals surface area contributed by atoms with Gasteiger partial charge >= 0.3 is 0 Å². The van der Waals surface area contributed by atoms with E-state index in [1.807, 2.05) is 36.4 Å². The van der Waals surface area contributed by atoms with E-state index in [0.29, 0.717) is 26.4 Å². The van der Waals surface area contributed by atoms with Crippen LogP contribution >= 0.6 is 0 Å². The van der Waals surface area contributed by atoms with Gasteiger partial charge in [-0.15, -0.1) is 0 Å². The maximum absolute atomic E-state index is 5.85. The summed E-state index contributed by atoms with van der Waals surface area (Å²) in [7, 11) is 3.32. The van der Waals surface area contributed by atoms with Crippen LogP contribution in [0.1, 0.15) is 11.1 Å². The Bertz CT molecular complexity index is 604. The lowest BCUT2D eigenvalue weighted by Gasteiger charge is -2.14. The zero-order chi connectivity index (χ0) is 17.7. The van der Waals surface area contributed by atoms with Gasteiger partial charge in [0.1, 0.15) is 24.7 Å². The van der Waals surface area contributed by atoms with Crippen molar-refractivity contribution in [2.75, 3.05) is 40.6 Å². The quantitative estimate of drug-likeness (QED) is 0.599. The lowest BCUT2D eigenvalue weighted by Crippen LogP contribution is -2.14. The molecule has 0 fully saturated rings. The van der Waals surface area contributed by atoms with E-state index in [0.717, 1.165) is 30.2 Å². The first-order valence-corrected chi connectivity index (χ1v) is 8.44. The molecule has 0 saturated heterocycles. The smallest absolute Gasteiger partial charge is 0.127 e. The van der Waals surface area contributed by atoms with Gasteiger partial charge in [-0.2, -0.15) is 0 Å². The summed E-state index contributed by atoms with van der Waals surface area (Å²) in [5.74, 6) is 1.59. The summed E-state index contributed by atoms with van der Waals surface area (Å²) in [5.41, 5.74) is 2.34. The molecule has 25 heavy (non-hydrogen) atoms. The fourth-order valence-electron chi connectivity index (χ4n) is 2.32. The molecule has 0 aliphatic carbocycles. The molecule has 1 N–H and O–H groups in total. The van der Waals surface area contributed by atoms with Gasteiger partial charge in [0.05, 0.1) is 13.2 Å². The second kappa shape index (κ2) is 11.5. The minimum absolute atomic E-state index is 0.504. The van der Waals surface area contributed by atoms with Crippen molar-refractivity contribution >= 4 is 0 Å². The van der Waals surface area contributed by atoms with Gasteiger partial charge in [0.25, 0.3) is 0 Å². The average Bonchev–Trinajstić information content (AvgIpc) is 2.64. The number of hydrogen-bond acceptors (Lipinski definition) is 5. The van der Waals surface area contributed by atoms with E-state index in [1.165, 1.54) is 5.56 Å². The highest BCUT2D eigenvalue weighted by Gasteiger charge is 2.07. The lowest BCUT2D eigenvalue weighted by molar-refractivity contribution is 0.142. The van der Waals surface area contributed by atoms with Gasteiger partial charge in [0.2, 0.25) is 0 Å². The average molecular weight is 345 g/mol. The third-order valence-electron chi connectivity index (χ3n) is 3.63. The van der Waals surface area contributed by atoms with Crippen molar-refractivity contribution in [3.63, 3.8) is 0 Å². The lowest BCUT2D eigenvalue weighted by atomic mass is 10.1. The van der Waals surface area contributed by atoms with E-state index >= 15 is 0 Å². The molecule has 5 nitrogen and oxygen atoms in total. The minimum atomic E-state index is 0.504. The van der Waals surface area contributed by atoms with Crippen LogP contribution in [0.2, 0.25) is 0 Å². The van der Waals surface area contributed by atoms with E-state index in [2.05, 4.69) is 17.4 Å². The summed E-state index contributed by atoms with van der Waals surface area (Å²) in [6.07, 6.45) is 0. The monoisotopic (exact) mass is 345 g/mol. The SMILES string of the molecule is COCCOc1ccc(CNCc2ccccc2)c(OCCOC)c1. The summed E-state index contributed by atoms with van der Waals surface area (Å²) >= 11 is 0. The van der Waals surface area contributed by atoms with Crippen molar-refractivity contribution in [1.29, 1.82) is 0 Å². The van der Waals surface area contributed by atoms with Crippen molar-refractivity contribution in [3.8, 4) is 11.5 Å². The van der Waals surface area contributed by atoms with Gasteiger partial charge in [-0.1, -0.05) is 36.4 Å². The van der Waals surface area contributed by atoms with E-state index in [1.54, 1.807) is 14.2 Å². The molecule has 0 unspecified atom stereocenters. The Balaban J connectivity index is 1.95. The Labute approximate surface area is 149 Å². The molecule has 0 amide bonds. The van der Waals surface area contributed by atoms with Crippen molar-refractivity contribution in [1.82, 2.24) is 5.32 Å². The molecule has 0 aromatic heterocycles. The summed E-state index contributed by atoms with van der Waals surface area (Å²) in [4.78, 5) is 0. The van der Waals surface area contributed by atoms with Crippen LogP contribution in [0.3, 0.4) is 0 Å². The molecule has 0 bridgehead atoms. The summed E-state index contributed by atoms with van der Waals surface area (Å²) in [6.45, 7) is 3.65. The molecule has 0 spiro atoms. The standard InChI is InChI=1S/C20H27NO4/c1-22-10-12-24-19-9-8-18(20(14-19)25-13-11-23-2)16-21-15-17-6-4-3-5-7-17/h3-9,14,21H,10-13,15-16H2,1-2H3. The number of benzene rings is 2. The van der Waals surface area contributed by atoms with Gasteiger partial charge in [-0.05, 0) is 11.6 Å². The van der Waals surface area contributed by atoms with Crippen LogP contribution < -0.4 is 14.8 Å². The number of hydrogen-bond donors (Lipinski definition) is 1. The molecule has 2 rings (SSSR count). The number of ether oxygens (including phenoxy) is 4. The van der Waals surface area contributed by atoms with E-state index < -0.39 is 0 Å². The largest absolute Gasteiger partial charge is 0.491 e. The zero-order valence-corrected chi connectivity index (χ0v) is 15.0. The molecule has 0 heterocycles. The third-order valence-corrected chi connectivity index (χ3v) is 3.63. The number of nitrogens with one attached hydrogen (secondary N) is 1. The van der Waals surface area contributed by atoms with Crippen molar-refractivity contribution in [3.05, 3.63) is 59.7 Å². The van der Waals surface area contributed by atoms with Crippen LogP contribution in [0.4, 0.5) is 0 Å². The normalized spacial score (nSPS) is 10.6. The van der Waals surface area contributed by atoms with Crippen LogP contribution in [0.25, 0.3) is 0 Å². The third kappa shape index (κ3) is 7.13. The molecule has 0 saturated carbocycles. The van der Waals surface area contributed by atoms with Crippen molar-refractivity contribution < 1.29 is 18.9 Å². The minimum Gasteiger partial charge on any atom is -0.491 e. The molecule has 0 atom stereocenters. The maximum atomic E-state index is 5.85. The first-order chi connectivity index (χ1) is 12.3. The highest BCUT2D eigenvalue weighted by atomic mass is 16.5. The van der Waals surface area contributed by atoms with Crippen molar-refractivity contribution in [2.45, 2.75) is 13.1 Å². The summed E-state index contributed by atoms with van der Waals surface area (Å²) in [5, 5.41) is 3.45. The van der Waals surface area contributed by atoms with E-state index in [-0.39, 0.29) is 0 Å². The van der Waals surface area contributed by atoms with Crippen LogP contribution in [-0.2, 0) is 22.6 Å². The second-order valence-corrected chi connectivity index (χ2v) is 5.54. The predicted octanol–water partition coefficient (Wildman–Crippen LogP) is 3.03. The Morgan fingerprint density at radius 3 is 2.20 bits per heavy atom. The number of rotatable bonds is 12. The van der Waals surface area contributed by atoms with Crippen LogP contribution in [0.15, 0.2) is 48.5 Å². The number of methoxy groups -OCH3 is 2. The summed E-state index contributed by atoms with van der Waals surface area (Å²) < 4.78 is 21.6. The van der Waals surface area contributed by atoms with E-state index in [4.69, 9.17) is 18.9 Å². The van der Waals surface area contributed by atoms with Crippen LogP contribution in [0, 0.1) is 0 Å². The fourth-order valence-corrected chi connectivity index (χ4v) is 2.32. The Hall–Kier alpha value is -2.08. The van der Waals surface area contributed by atoms with Crippen molar-refractivity contribution in [2.24, 2.45) is 0 Å². The van der Waals surface area contributed by atoms with Gasteiger partial charge in [0, 0.05) is 38.9 Å². The summed E-state index contributed by atoms with van der Waals surface area (Å²) in [6, 6.07) is 16.2. The molecule has 2 aromatic carbocycles. The van der Waals surface area contributed by atoms with Crippen LogP contribution in [0.5, 0.6) is 11.5 Å². The van der Waals surface area contributed by atoms with Crippen LogP contribution in [-0.4, -0.2) is 40.6 Å². The fraction of sp³-hybridized carbons (Fsp3) is 0.400. The molecular formula is C20H27NO4. The van der Waals surface area contributed by atoms with Gasteiger partial charge in [0.15, 0.2) is 0 Å². The molecule has 2 aromatic rings. The highest BCUT2D eigenvalue weighted by molar-refractivity contribution is 5.40. The molecule has 0 aliphatic heterocycles. The topological polar surface area (TPSA) is 49.0 Å². The van der Waals surface area contributed by atoms with Gasteiger partial charge in [-0.3, -0.25) is 0 Å². The van der Waals surface area contributed by atoms with Gasteiger partial charge < -0.3 is 24.3 Å². The Morgan fingerprint density at radius 2 is 1.48 bits per heavy atom. The molecule has 5 heteroatoms. The first kappa shape index (κ1) is 19.2. The van der Waals surface area contributed by atoms with Gasteiger partial charge in [-0.25, -0.2) is 0 Å². The zero-order valence-electron chi connectivity index (χ0n) is 15.0. The Morgan fingerprint density at radius 1 is 0.760 bits per heavy atom. The molecular weight excluding hydrogens is 318 g/mol. The molecule has 0 radical (unpaired) electrons. The predicted molar refractivity (Wildman–Crippen MR) is 98.2 cm³/mol. The molecule has 136 valence electrons.